The van der Waals surface area contributed by atoms with Crippen molar-refractivity contribution >= 4 is 11.8 Å². The Labute approximate surface area is 196 Å². The Balaban J connectivity index is 1.59. The van der Waals surface area contributed by atoms with Crippen molar-refractivity contribution in [2.45, 2.75) is 32.7 Å². The summed E-state index contributed by atoms with van der Waals surface area (Å²) in [6, 6.07) is 13.4. The summed E-state index contributed by atoms with van der Waals surface area (Å²) in [5.74, 6) is 1.92. The Bertz CT molecular complexity index is 958. The lowest BCUT2D eigenvalue weighted by atomic mass is 9.95. The second-order valence-corrected chi connectivity index (χ2v) is 8.68. The van der Waals surface area contributed by atoms with Gasteiger partial charge in [0.1, 0.15) is 5.75 Å². The maximum Gasteiger partial charge on any atom is 0.225 e. The SMILES string of the molecule is COc1ccc(C(NC(=O)C2CC(=O)N(CCc3ccc(OC)c(OC)c3)C2)C(C)C)cc1. The van der Waals surface area contributed by atoms with Crippen molar-refractivity contribution in [3.05, 3.63) is 53.6 Å². The molecule has 0 bridgehead atoms. The first kappa shape index (κ1) is 24.4. The quantitative estimate of drug-likeness (QED) is 0.593. The molecule has 178 valence electrons. The molecule has 7 nitrogen and oxygen atoms in total. The average Bonchev–Trinajstić information content (AvgIpc) is 3.21. The minimum Gasteiger partial charge on any atom is -0.497 e. The van der Waals surface area contributed by atoms with E-state index in [0.717, 1.165) is 16.9 Å². The van der Waals surface area contributed by atoms with Crippen molar-refractivity contribution in [3.8, 4) is 17.2 Å². The summed E-state index contributed by atoms with van der Waals surface area (Å²) in [6.07, 6.45) is 0.923. The van der Waals surface area contributed by atoms with Crippen molar-refractivity contribution < 1.29 is 23.8 Å². The standard InChI is InChI=1S/C26H34N2O5/c1-17(2)25(19-7-9-21(31-3)10-8-19)27-26(30)20-15-24(29)28(16-20)13-12-18-6-11-22(32-4)23(14-18)33-5/h6-11,14,17,20,25H,12-13,15-16H2,1-5H3,(H,27,30). The van der Waals surface area contributed by atoms with Gasteiger partial charge in [0.15, 0.2) is 11.5 Å². The molecule has 2 atom stereocenters. The molecular weight excluding hydrogens is 420 g/mol. The van der Waals surface area contributed by atoms with Crippen LogP contribution in [0.1, 0.15) is 37.4 Å². The van der Waals surface area contributed by atoms with Crippen LogP contribution in [0.25, 0.3) is 0 Å². The highest BCUT2D eigenvalue weighted by atomic mass is 16.5. The van der Waals surface area contributed by atoms with E-state index in [2.05, 4.69) is 19.2 Å². The zero-order valence-corrected chi connectivity index (χ0v) is 20.1. The summed E-state index contributed by atoms with van der Waals surface area (Å²) in [7, 11) is 4.83. The van der Waals surface area contributed by atoms with Gasteiger partial charge in [-0.05, 0) is 47.7 Å². The predicted molar refractivity (Wildman–Crippen MR) is 127 cm³/mol. The van der Waals surface area contributed by atoms with Crippen molar-refractivity contribution in [1.29, 1.82) is 0 Å². The molecule has 2 aromatic rings. The number of hydrogen-bond acceptors (Lipinski definition) is 5. The number of hydrogen-bond donors (Lipinski definition) is 1. The van der Waals surface area contributed by atoms with Gasteiger partial charge < -0.3 is 24.4 Å². The molecule has 0 radical (unpaired) electrons. The zero-order valence-electron chi connectivity index (χ0n) is 20.1. The third-order valence-corrected chi connectivity index (χ3v) is 6.14. The van der Waals surface area contributed by atoms with Gasteiger partial charge in [-0.2, -0.15) is 0 Å². The maximum atomic E-state index is 13.0. The number of nitrogens with one attached hydrogen (secondary N) is 1. The maximum absolute atomic E-state index is 13.0. The first-order valence-corrected chi connectivity index (χ1v) is 11.3. The van der Waals surface area contributed by atoms with Crippen LogP contribution in [-0.2, 0) is 16.0 Å². The molecule has 0 aliphatic carbocycles. The normalized spacial score (nSPS) is 16.6. The van der Waals surface area contributed by atoms with Gasteiger partial charge in [-0.15, -0.1) is 0 Å². The van der Waals surface area contributed by atoms with Gasteiger partial charge in [-0.3, -0.25) is 9.59 Å². The van der Waals surface area contributed by atoms with Crippen LogP contribution in [0, 0.1) is 11.8 Å². The fourth-order valence-corrected chi connectivity index (χ4v) is 4.18. The van der Waals surface area contributed by atoms with Crippen LogP contribution in [0.2, 0.25) is 0 Å². The molecule has 1 fully saturated rings. The van der Waals surface area contributed by atoms with E-state index in [1.165, 1.54) is 0 Å². The fourth-order valence-electron chi connectivity index (χ4n) is 4.18. The van der Waals surface area contributed by atoms with E-state index in [0.29, 0.717) is 31.0 Å². The van der Waals surface area contributed by atoms with Crippen LogP contribution in [-0.4, -0.2) is 51.1 Å². The zero-order chi connectivity index (χ0) is 24.0. The van der Waals surface area contributed by atoms with Gasteiger partial charge in [0.05, 0.1) is 33.3 Å². The fraction of sp³-hybridized carbons (Fsp3) is 0.462. The number of likely N-dealkylation sites (tertiary alicyclic amines) is 1. The minimum absolute atomic E-state index is 0.0150. The molecule has 7 heteroatoms. The molecule has 1 saturated heterocycles. The second kappa shape index (κ2) is 11.1. The van der Waals surface area contributed by atoms with E-state index in [9.17, 15) is 9.59 Å². The topological polar surface area (TPSA) is 77.1 Å². The number of ether oxygens (including phenoxy) is 3. The van der Waals surface area contributed by atoms with Crippen LogP contribution >= 0.6 is 0 Å². The summed E-state index contributed by atoms with van der Waals surface area (Å²) in [6.45, 7) is 5.14. The van der Waals surface area contributed by atoms with Crippen molar-refractivity contribution in [3.63, 3.8) is 0 Å². The monoisotopic (exact) mass is 454 g/mol. The third kappa shape index (κ3) is 5.97. The van der Waals surface area contributed by atoms with Crippen LogP contribution in [0.3, 0.4) is 0 Å². The highest BCUT2D eigenvalue weighted by Gasteiger charge is 2.35. The first-order chi connectivity index (χ1) is 15.9. The highest BCUT2D eigenvalue weighted by molar-refractivity contribution is 5.89. The third-order valence-electron chi connectivity index (χ3n) is 6.14. The van der Waals surface area contributed by atoms with E-state index in [4.69, 9.17) is 14.2 Å². The van der Waals surface area contributed by atoms with Crippen molar-refractivity contribution in [1.82, 2.24) is 10.2 Å². The Morgan fingerprint density at radius 2 is 1.73 bits per heavy atom. The molecule has 0 saturated carbocycles. The van der Waals surface area contributed by atoms with Crippen molar-refractivity contribution in [2.24, 2.45) is 11.8 Å². The van der Waals surface area contributed by atoms with Crippen LogP contribution in [0.5, 0.6) is 17.2 Å². The van der Waals surface area contributed by atoms with Crippen LogP contribution in [0.15, 0.2) is 42.5 Å². The summed E-state index contributed by atoms with van der Waals surface area (Å²) >= 11 is 0. The number of benzene rings is 2. The Hall–Kier alpha value is -3.22. The molecule has 3 rings (SSSR count). The largest absolute Gasteiger partial charge is 0.497 e. The Kier molecular flexibility index (Phi) is 8.20. The number of amides is 2. The second-order valence-electron chi connectivity index (χ2n) is 8.68. The summed E-state index contributed by atoms with van der Waals surface area (Å²) in [5, 5.41) is 3.17. The summed E-state index contributed by atoms with van der Waals surface area (Å²) in [4.78, 5) is 27.4. The van der Waals surface area contributed by atoms with Gasteiger partial charge in [0, 0.05) is 19.5 Å². The Morgan fingerprint density at radius 3 is 2.33 bits per heavy atom. The summed E-state index contributed by atoms with van der Waals surface area (Å²) < 4.78 is 15.9. The van der Waals surface area contributed by atoms with Crippen LogP contribution < -0.4 is 19.5 Å². The molecule has 2 amide bonds. The number of rotatable bonds is 10. The van der Waals surface area contributed by atoms with Gasteiger partial charge in [-0.25, -0.2) is 0 Å². The number of carbonyl (C=O) groups excluding carboxylic acids is 2. The van der Waals surface area contributed by atoms with Gasteiger partial charge >= 0.3 is 0 Å². The number of nitrogens with zero attached hydrogens (tertiary/aromatic N) is 1. The van der Waals surface area contributed by atoms with E-state index in [1.54, 1.807) is 26.2 Å². The minimum atomic E-state index is -0.345. The molecule has 1 N–H and O–H groups in total. The molecule has 33 heavy (non-hydrogen) atoms. The number of carbonyl (C=O) groups is 2. The van der Waals surface area contributed by atoms with E-state index in [1.807, 2.05) is 42.5 Å². The lowest BCUT2D eigenvalue weighted by Gasteiger charge is -2.25. The predicted octanol–water partition coefficient (Wildman–Crippen LogP) is 3.62. The average molecular weight is 455 g/mol. The molecule has 2 aromatic carbocycles. The Morgan fingerprint density at radius 1 is 1.03 bits per heavy atom. The molecular formula is C26H34N2O5. The highest BCUT2D eigenvalue weighted by Crippen LogP contribution is 2.29. The lowest BCUT2D eigenvalue weighted by Crippen LogP contribution is -2.37. The van der Waals surface area contributed by atoms with Gasteiger partial charge in [0.2, 0.25) is 11.8 Å². The summed E-state index contributed by atoms with van der Waals surface area (Å²) in [5.41, 5.74) is 2.07. The van der Waals surface area contributed by atoms with Crippen molar-refractivity contribution in [2.75, 3.05) is 34.4 Å². The van der Waals surface area contributed by atoms with E-state index in [-0.39, 0.29) is 36.1 Å². The smallest absolute Gasteiger partial charge is 0.225 e. The molecule has 2 unspecified atom stereocenters. The van der Waals surface area contributed by atoms with Gasteiger partial charge in [0.25, 0.3) is 0 Å². The number of methoxy groups -OCH3 is 3. The first-order valence-electron chi connectivity index (χ1n) is 11.3. The van der Waals surface area contributed by atoms with E-state index < -0.39 is 0 Å². The molecule has 1 heterocycles. The lowest BCUT2D eigenvalue weighted by molar-refractivity contribution is -0.129. The van der Waals surface area contributed by atoms with Gasteiger partial charge in [-0.1, -0.05) is 32.0 Å². The molecule has 0 spiro atoms. The molecule has 1 aliphatic rings. The van der Waals surface area contributed by atoms with Crippen LogP contribution in [0.4, 0.5) is 0 Å². The van der Waals surface area contributed by atoms with E-state index >= 15 is 0 Å². The molecule has 0 aromatic heterocycles. The molecule has 1 aliphatic heterocycles.